The van der Waals surface area contributed by atoms with Gasteiger partial charge >= 0.3 is 0 Å². The first-order chi connectivity index (χ1) is 8.60. The topological polar surface area (TPSA) is 9.23 Å². The summed E-state index contributed by atoms with van der Waals surface area (Å²) in [7, 11) is 0. The lowest BCUT2D eigenvalue weighted by Crippen LogP contribution is -1.90. The Morgan fingerprint density at radius 3 is 2.50 bits per heavy atom. The standard InChI is InChI=1S/C14H11BrCl2O/c1-2-9-7-10(15)3-6-14(9)18-11-4-5-12(16)13(17)8-11/h3-8H,2H2,1H3. The molecule has 0 bridgehead atoms. The van der Waals surface area contributed by atoms with Gasteiger partial charge in [0, 0.05) is 10.5 Å². The maximum atomic E-state index is 5.96. The Labute approximate surface area is 125 Å². The van der Waals surface area contributed by atoms with Gasteiger partial charge in [0.2, 0.25) is 0 Å². The zero-order valence-corrected chi connectivity index (χ0v) is 12.8. The van der Waals surface area contributed by atoms with E-state index in [2.05, 4.69) is 22.9 Å². The van der Waals surface area contributed by atoms with Crippen molar-refractivity contribution >= 4 is 39.1 Å². The first-order valence-electron chi connectivity index (χ1n) is 5.51. The van der Waals surface area contributed by atoms with Gasteiger partial charge in [-0.3, -0.25) is 0 Å². The largest absolute Gasteiger partial charge is 0.457 e. The molecule has 4 heteroatoms. The Balaban J connectivity index is 2.30. The van der Waals surface area contributed by atoms with Crippen molar-refractivity contribution in [3.8, 4) is 11.5 Å². The van der Waals surface area contributed by atoms with Gasteiger partial charge in [0.1, 0.15) is 11.5 Å². The molecule has 0 amide bonds. The van der Waals surface area contributed by atoms with Crippen molar-refractivity contribution in [3.05, 3.63) is 56.5 Å². The molecule has 1 nitrogen and oxygen atoms in total. The molecule has 0 saturated carbocycles. The van der Waals surface area contributed by atoms with Crippen LogP contribution >= 0.6 is 39.1 Å². The van der Waals surface area contributed by atoms with Gasteiger partial charge in [0.25, 0.3) is 0 Å². The van der Waals surface area contributed by atoms with Crippen LogP contribution in [0.1, 0.15) is 12.5 Å². The van der Waals surface area contributed by atoms with E-state index in [1.54, 1.807) is 18.2 Å². The van der Waals surface area contributed by atoms with Gasteiger partial charge in [-0.05, 0) is 42.3 Å². The van der Waals surface area contributed by atoms with Crippen molar-refractivity contribution in [1.29, 1.82) is 0 Å². The Morgan fingerprint density at radius 1 is 1.06 bits per heavy atom. The molecule has 0 unspecified atom stereocenters. The minimum atomic E-state index is 0.490. The van der Waals surface area contributed by atoms with Crippen LogP contribution in [0.15, 0.2) is 40.9 Å². The van der Waals surface area contributed by atoms with Gasteiger partial charge in [-0.15, -0.1) is 0 Å². The second kappa shape index (κ2) is 5.96. The van der Waals surface area contributed by atoms with Crippen LogP contribution < -0.4 is 4.74 Å². The third-order valence-corrected chi connectivity index (χ3v) is 3.75. The van der Waals surface area contributed by atoms with Gasteiger partial charge < -0.3 is 4.74 Å². The quantitative estimate of drug-likeness (QED) is 0.652. The van der Waals surface area contributed by atoms with Crippen LogP contribution in [-0.2, 0) is 6.42 Å². The lowest BCUT2D eigenvalue weighted by molar-refractivity contribution is 0.477. The van der Waals surface area contributed by atoms with Gasteiger partial charge in [-0.2, -0.15) is 0 Å². The highest BCUT2D eigenvalue weighted by atomic mass is 79.9. The maximum absolute atomic E-state index is 5.96. The van der Waals surface area contributed by atoms with E-state index in [1.165, 1.54) is 0 Å². The monoisotopic (exact) mass is 344 g/mol. The summed E-state index contributed by atoms with van der Waals surface area (Å²) < 4.78 is 6.87. The number of ether oxygens (including phenoxy) is 1. The van der Waals surface area contributed by atoms with Crippen molar-refractivity contribution in [2.24, 2.45) is 0 Å². The predicted octanol–water partition coefficient (Wildman–Crippen LogP) is 6.11. The summed E-state index contributed by atoms with van der Waals surface area (Å²) in [5.41, 5.74) is 1.13. The molecular weight excluding hydrogens is 335 g/mol. The second-order valence-electron chi connectivity index (χ2n) is 3.78. The zero-order chi connectivity index (χ0) is 13.1. The zero-order valence-electron chi connectivity index (χ0n) is 9.71. The molecule has 2 aromatic carbocycles. The summed E-state index contributed by atoms with van der Waals surface area (Å²) in [4.78, 5) is 0. The highest BCUT2D eigenvalue weighted by molar-refractivity contribution is 9.10. The van der Waals surface area contributed by atoms with Crippen molar-refractivity contribution in [1.82, 2.24) is 0 Å². The maximum Gasteiger partial charge on any atom is 0.130 e. The summed E-state index contributed by atoms with van der Waals surface area (Å²) in [6.07, 6.45) is 0.899. The van der Waals surface area contributed by atoms with Crippen molar-refractivity contribution < 1.29 is 4.74 Å². The molecule has 0 heterocycles. The van der Waals surface area contributed by atoms with Gasteiger partial charge in [-0.25, -0.2) is 0 Å². The molecule has 0 aliphatic rings. The van der Waals surface area contributed by atoms with Crippen LogP contribution in [0.4, 0.5) is 0 Å². The molecule has 94 valence electrons. The summed E-state index contributed by atoms with van der Waals surface area (Å²) in [6, 6.07) is 11.2. The molecule has 0 saturated heterocycles. The molecule has 0 radical (unpaired) electrons. The molecule has 0 spiro atoms. The van der Waals surface area contributed by atoms with E-state index in [0.717, 1.165) is 22.2 Å². The van der Waals surface area contributed by atoms with Crippen molar-refractivity contribution in [2.45, 2.75) is 13.3 Å². The highest BCUT2D eigenvalue weighted by Gasteiger charge is 2.06. The van der Waals surface area contributed by atoms with Crippen LogP contribution in [0.2, 0.25) is 10.0 Å². The van der Waals surface area contributed by atoms with E-state index in [9.17, 15) is 0 Å². The van der Waals surface area contributed by atoms with Gasteiger partial charge in [-0.1, -0.05) is 46.1 Å². The number of hydrogen-bond acceptors (Lipinski definition) is 1. The molecular formula is C14H11BrCl2O. The summed E-state index contributed by atoms with van der Waals surface area (Å²) in [5, 5.41) is 1.01. The number of rotatable bonds is 3. The molecule has 0 fully saturated rings. The molecule has 18 heavy (non-hydrogen) atoms. The lowest BCUT2D eigenvalue weighted by atomic mass is 10.1. The molecule has 0 atom stereocenters. The van der Waals surface area contributed by atoms with Crippen LogP contribution in [0, 0.1) is 0 Å². The summed E-state index contributed by atoms with van der Waals surface area (Å²) in [5.74, 6) is 1.51. The molecule has 2 aromatic rings. The van der Waals surface area contributed by atoms with Gasteiger partial charge in [0.05, 0.1) is 10.0 Å². The van der Waals surface area contributed by atoms with E-state index in [4.69, 9.17) is 27.9 Å². The SMILES string of the molecule is CCc1cc(Br)ccc1Oc1ccc(Cl)c(Cl)c1. The smallest absolute Gasteiger partial charge is 0.130 e. The van der Waals surface area contributed by atoms with Crippen LogP contribution in [0.25, 0.3) is 0 Å². The first-order valence-corrected chi connectivity index (χ1v) is 7.06. The van der Waals surface area contributed by atoms with E-state index < -0.39 is 0 Å². The number of benzene rings is 2. The molecule has 0 N–H and O–H groups in total. The fraction of sp³-hybridized carbons (Fsp3) is 0.143. The van der Waals surface area contributed by atoms with Crippen LogP contribution in [0.3, 0.4) is 0 Å². The number of aryl methyl sites for hydroxylation is 1. The van der Waals surface area contributed by atoms with Crippen LogP contribution in [0.5, 0.6) is 11.5 Å². The highest BCUT2D eigenvalue weighted by Crippen LogP contribution is 2.32. The predicted molar refractivity (Wildman–Crippen MR) is 80.1 cm³/mol. The Hall–Kier alpha value is -0.700. The van der Waals surface area contributed by atoms with Gasteiger partial charge in [0.15, 0.2) is 0 Å². The minimum Gasteiger partial charge on any atom is -0.457 e. The Kier molecular flexibility index (Phi) is 4.55. The minimum absolute atomic E-state index is 0.490. The first kappa shape index (κ1) is 13.7. The van der Waals surface area contributed by atoms with E-state index >= 15 is 0 Å². The van der Waals surface area contributed by atoms with E-state index in [1.807, 2.05) is 18.2 Å². The van der Waals surface area contributed by atoms with E-state index in [-0.39, 0.29) is 0 Å². The Morgan fingerprint density at radius 2 is 1.83 bits per heavy atom. The fourth-order valence-corrected chi connectivity index (χ4v) is 2.29. The molecule has 0 aliphatic heterocycles. The fourth-order valence-electron chi connectivity index (χ4n) is 1.59. The molecule has 2 rings (SSSR count). The molecule has 0 aromatic heterocycles. The average molecular weight is 346 g/mol. The lowest BCUT2D eigenvalue weighted by Gasteiger charge is -2.11. The normalized spacial score (nSPS) is 10.4. The number of hydrogen-bond donors (Lipinski definition) is 0. The van der Waals surface area contributed by atoms with Crippen LogP contribution in [-0.4, -0.2) is 0 Å². The summed E-state index contributed by atoms with van der Waals surface area (Å²) >= 11 is 15.3. The molecule has 0 aliphatic carbocycles. The summed E-state index contributed by atoms with van der Waals surface area (Å²) in [6.45, 7) is 2.09. The van der Waals surface area contributed by atoms with E-state index in [0.29, 0.717) is 15.8 Å². The second-order valence-corrected chi connectivity index (χ2v) is 5.51. The Bertz CT molecular complexity index is 570. The third kappa shape index (κ3) is 3.19. The number of halogens is 3. The third-order valence-electron chi connectivity index (χ3n) is 2.52. The van der Waals surface area contributed by atoms with Crippen molar-refractivity contribution in [3.63, 3.8) is 0 Å². The van der Waals surface area contributed by atoms with Crippen molar-refractivity contribution in [2.75, 3.05) is 0 Å². The average Bonchev–Trinajstić information content (AvgIpc) is 2.36.